The van der Waals surface area contributed by atoms with E-state index in [-0.39, 0.29) is 11.9 Å². The lowest BCUT2D eigenvalue weighted by Gasteiger charge is -2.35. The number of hydrogen-bond donors (Lipinski definition) is 3. The van der Waals surface area contributed by atoms with Crippen LogP contribution in [0.3, 0.4) is 0 Å². The van der Waals surface area contributed by atoms with E-state index < -0.39 is 11.8 Å². The van der Waals surface area contributed by atoms with Gasteiger partial charge in [-0.25, -0.2) is 4.79 Å². The van der Waals surface area contributed by atoms with Crippen molar-refractivity contribution in [2.75, 3.05) is 11.9 Å². The van der Waals surface area contributed by atoms with Crippen LogP contribution in [0.15, 0.2) is 97.1 Å². The molecule has 0 saturated heterocycles. The Hall–Kier alpha value is -5.15. The van der Waals surface area contributed by atoms with Gasteiger partial charge in [0.15, 0.2) is 5.72 Å². The summed E-state index contributed by atoms with van der Waals surface area (Å²) in [5.74, 6) is 0.212. The molecule has 1 unspecified atom stereocenters. The second-order valence-electron chi connectivity index (χ2n) is 9.04. The Bertz CT molecular complexity index is 1700. The number of benzene rings is 4. The summed E-state index contributed by atoms with van der Waals surface area (Å²) >= 11 is 0. The molecule has 3 N–H and O–H groups in total. The zero-order valence-corrected chi connectivity index (χ0v) is 20.9. The zero-order valence-electron chi connectivity index (χ0n) is 20.9. The van der Waals surface area contributed by atoms with E-state index in [2.05, 4.69) is 15.3 Å². The van der Waals surface area contributed by atoms with Crippen LogP contribution in [0.4, 0.5) is 10.5 Å². The molecule has 1 atom stereocenters. The molecule has 194 valence electrons. The Labute approximate surface area is 223 Å². The van der Waals surface area contributed by atoms with E-state index in [9.17, 15) is 14.7 Å². The molecule has 6 rings (SSSR count). The Morgan fingerprint density at radius 2 is 1.79 bits per heavy atom. The van der Waals surface area contributed by atoms with E-state index in [1.54, 1.807) is 60.7 Å². The van der Waals surface area contributed by atoms with Crippen LogP contribution < -0.4 is 19.7 Å². The number of aliphatic hydroxyl groups is 1. The summed E-state index contributed by atoms with van der Waals surface area (Å²) in [4.78, 5) is 33.9. The summed E-state index contributed by atoms with van der Waals surface area (Å²) in [6, 6.07) is 28.9. The lowest BCUT2D eigenvalue weighted by atomic mass is 9.93. The van der Waals surface area contributed by atoms with Gasteiger partial charge in [-0.3, -0.25) is 9.69 Å². The molecule has 4 aromatic carbocycles. The number of anilines is 1. The minimum atomic E-state index is -1.83. The fourth-order valence-corrected chi connectivity index (χ4v) is 4.79. The molecule has 5 aromatic rings. The van der Waals surface area contributed by atoms with Crippen molar-refractivity contribution >= 4 is 28.7 Å². The van der Waals surface area contributed by atoms with E-state index in [0.29, 0.717) is 45.8 Å². The number of amides is 2. The van der Waals surface area contributed by atoms with Gasteiger partial charge >= 0.3 is 12.1 Å². The topological polar surface area (TPSA) is 117 Å². The highest BCUT2D eigenvalue weighted by molar-refractivity contribution is 6.12. The number of ether oxygens (including phenoxy) is 2. The number of carbonyl (C=O) groups excluding carboxylic acids is 2. The first-order valence-electron chi connectivity index (χ1n) is 12.3. The molecule has 9 nitrogen and oxygen atoms in total. The summed E-state index contributed by atoms with van der Waals surface area (Å²) in [5, 5.41) is 14.7. The maximum Gasteiger partial charge on any atom is 0.414 e. The average Bonchev–Trinajstić information content (AvgIpc) is 3.48. The number of hydrogen-bond acceptors (Lipinski definition) is 6. The number of nitrogens with zero attached hydrogens (tertiary/aromatic N) is 2. The minimum absolute atomic E-state index is 0.0107. The number of carbonyl (C=O) groups is 2. The van der Waals surface area contributed by atoms with Gasteiger partial charge < -0.3 is 24.9 Å². The van der Waals surface area contributed by atoms with E-state index in [4.69, 9.17) is 9.47 Å². The predicted octanol–water partition coefficient (Wildman–Crippen LogP) is 4.71. The molecule has 39 heavy (non-hydrogen) atoms. The van der Waals surface area contributed by atoms with E-state index >= 15 is 0 Å². The molecule has 1 aliphatic rings. The molecular weight excluding hydrogens is 496 g/mol. The molecule has 0 bridgehead atoms. The van der Waals surface area contributed by atoms with Crippen molar-refractivity contribution in [3.05, 3.63) is 119 Å². The maximum absolute atomic E-state index is 13.7. The molecule has 1 aliphatic heterocycles. The third-order valence-electron chi connectivity index (χ3n) is 6.64. The second kappa shape index (κ2) is 9.62. The molecule has 9 heteroatoms. The van der Waals surface area contributed by atoms with Crippen LogP contribution >= 0.6 is 0 Å². The molecule has 1 aromatic heterocycles. The van der Waals surface area contributed by atoms with Crippen LogP contribution in [0.1, 0.15) is 27.0 Å². The van der Waals surface area contributed by atoms with Gasteiger partial charge in [0.05, 0.1) is 16.7 Å². The molecule has 0 saturated carbocycles. The highest BCUT2D eigenvalue weighted by Gasteiger charge is 2.50. The van der Waals surface area contributed by atoms with Crippen LogP contribution in [0.2, 0.25) is 0 Å². The first kappa shape index (κ1) is 24.2. The van der Waals surface area contributed by atoms with Gasteiger partial charge in [-0.1, -0.05) is 60.7 Å². The first-order valence-corrected chi connectivity index (χ1v) is 12.3. The predicted molar refractivity (Wildman–Crippen MR) is 145 cm³/mol. The summed E-state index contributed by atoms with van der Waals surface area (Å²) in [7, 11) is 1.45. The molecule has 0 aliphatic carbocycles. The molecule has 0 fully saturated rings. The SMILES string of the molecule is CNC(=O)Oc1nc2ccc(C3(O)c4ccccc4C(=O)N3c3cccc(OCc4ccccc4)c3)cc2[nH]1. The third-order valence-corrected chi connectivity index (χ3v) is 6.64. The smallest absolute Gasteiger partial charge is 0.414 e. The summed E-state index contributed by atoms with van der Waals surface area (Å²) in [5.41, 5.74) is 1.98. The van der Waals surface area contributed by atoms with Crippen molar-refractivity contribution in [1.82, 2.24) is 15.3 Å². The van der Waals surface area contributed by atoms with Crippen LogP contribution in [-0.2, 0) is 12.3 Å². The number of aromatic amines is 1. The third kappa shape index (κ3) is 4.24. The Morgan fingerprint density at radius 3 is 2.62 bits per heavy atom. The van der Waals surface area contributed by atoms with Gasteiger partial charge in [-0.2, -0.15) is 4.98 Å². The van der Waals surface area contributed by atoms with E-state index in [1.165, 1.54) is 11.9 Å². The summed E-state index contributed by atoms with van der Waals surface area (Å²) in [6.45, 7) is 0.361. The van der Waals surface area contributed by atoms with Crippen molar-refractivity contribution in [1.29, 1.82) is 0 Å². The number of nitrogens with one attached hydrogen (secondary N) is 2. The molecule has 2 heterocycles. The van der Waals surface area contributed by atoms with Gasteiger partial charge in [0, 0.05) is 29.8 Å². The van der Waals surface area contributed by atoms with Gasteiger partial charge in [0.2, 0.25) is 0 Å². The number of imidazole rings is 1. The van der Waals surface area contributed by atoms with Crippen LogP contribution in [0.5, 0.6) is 11.8 Å². The standard InChI is InChI=1S/C30H24N4O5/c1-31-29(36)39-28-32-25-15-14-20(16-26(25)33-28)30(37)24-13-6-5-12-23(24)27(35)34(30)21-10-7-11-22(17-21)38-18-19-8-3-2-4-9-19/h2-17,37H,18H2,1H3,(H,31,36)(H,32,33). The number of fused-ring (bicyclic) bond motifs is 2. The maximum atomic E-state index is 13.7. The van der Waals surface area contributed by atoms with Crippen molar-refractivity contribution in [3.8, 4) is 11.8 Å². The lowest BCUT2D eigenvalue weighted by Crippen LogP contribution is -2.45. The van der Waals surface area contributed by atoms with Crippen molar-refractivity contribution < 1.29 is 24.2 Å². The Morgan fingerprint density at radius 1 is 1.00 bits per heavy atom. The van der Waals surface area contributed by atoms with Crippen LogP contribution in [0, 0.1) is 0 Å². The van der Waals surface area contributed by atoms with Crippen molar-refractivity contribution in [2.45, 2.75) is 12.3 Å². The van der Waals surface area contributed by atoms with Crippen LogP contribution in [0.25, 0.3) is 11.0 Å². The van der Waals surface area contributed by atoms with Crippen molar-refractivity contribution in [2.24, 2.45) is 0 Å². The monoisotopic (exact) mass is 520 g/mol. The molecule has 0 spiro atoms. The largest absolute Gasteiger partial charge is 0.489 e. The Kier molecular flexibility index (Phi) is 5.97. The summed E-state index contributed by atoms with van der Waals surface area (Å²) < 4.78 is 11.1. The first-order chi connectivity index (χ1) is 19.0. The lowest BCUT2D eigenvalue weighted by molar-refractivity contribution is 0.0703. The highest BCUT2D eigenvalue weighted by Crippen LogP contribution is 2.46. The quantitative estimate of drug-likeness (QED) is 0.299. The Balaban J connectivity index is 1.41. The highest BCUT2D eigenvalue weighted by atomic mass is 16.6. The normalized spacial score (nSPS) is 16.3. The van der Waals surface area contributed by atoms with Crippen molar-refractivity contribution in [3.63, 3.8) is 0 Å². The van der Waals surface area contributed by atoms with Crippen LogP contribution in [-0.4, -0.2) is 34.1 Å². The average molecular weight is 521 g/mol. The molecular formula is C30H24N4O5. The fraction of sp³-hybridized carbons (Fsp3) is 0.100. The number of H-pyrrole nitrogens is 1. The molecule has 0 radical (unpaired) electrons. The zero-order chi connectivity index (χ0) is 27.0. The van der Waals surface area contributed by atoms with Gasteiger partial charge in [0.25, 0.3) is 5.91 Å². The number of rotatable bonds is 6. The van der Waals surface area contributed by atoms with Gasteiger partial charge in [0.1, 0.15) is 12.4 Å². The van der Waals surface area contributed by atoms with E-state index in [0.717, 1.165) is 5.56 Å². The molecule has 2 amide bonds. The number of aromatic nitrogens is 2. The van der Waals surface area contributed by atoms with Gasteiger partial charge in [-0.15, -0.1) is 0 Å². The minimum Gasteiger partial charge on any atom is -0.489 e. The van der Waals surface area contributed by atoms with E-state index in [1.807, 2.05) is 36.4 Å². The fourth-order valence-electron chi connectivity index (χ4n) is 4.79. The van der Waals surface area contributed by atoms with Gasteiger partial charge in [-0.05, 0) is 35.9 Å². The summed E-state index contributed by atoms with van der Waals surface area (Å²) in [6.07, 6.45) is -0.663. The second-order valence-corrected chi connectivity index (χ2v) is 9.04.